The van der Waals surface area contributed by atoms with Crippen molar-refractivity contribution in [3.05, 3.63) is 166 Å². The fourth-order valence-corrected chi connectivity index (χ4v) is 8.16. The molecular weight excluding hydrogens is 488 g/mol. The minimum atomic E-state index is -0.351. The molecule has 186 valence electrons. The Kier molecular flexibility index (Phi) is 4.75. The second kappa shape index (κ2) is 8.15. The van der Waals surface area contributed by atoms with Crippen molar-refractivity contribution < 1.29 is 0 Å². The summed E-state index contributed by atoms with van der Waals surface area (Å²) < 4.78 is 0. The lowest BCUT2D eigenvalue weighted by molar-refractivity contribution is 0.563. The van der Waals surface area contributed by atoms with E-state index in [4.69, 9.17) is 0 Å². The second-order valence-electron chi connectivity index (χ2n) is 11.3. The van der Waals surface area contributed by atoms with E-state index in [9.17, 15) is 0 Å². The number of fused-ring (bicyclic) bond motifs is 9. The molecule has 0 fully saturated rings. The maximum atomic E-state index is 2.38. The molecule has 39 heavy (non-hydrogen) atoms. The van der Waals surface area contributed by atoms with Gasteiger partial charge in [-0.05, 0) is 78.7 Å². The van der Waals surface area contributed by atoms with Gasteiger partial charge in [-0.2, -0.15) is 0 Å². The molecule has 0 atom stereocenters. The largest absolute Gasteiger partial charge is 0.144 e. The van der Waals surface area contributed by atoms with Crippen molar-refractivity contribution in [3.63, 3.8) is 0 Å². The van der Waals surface area contributed by atoms with Crippen molar-refractivity contribution in [1.29, 1.82) is 0 Å². The van der Waals surface area contributed by atoms with Crippen LogP contribution in [-0.2, 0) is 10.8 Å². The zero-order valence-corrected chi connectivity index (χ0v) is 22.9. The summed E-state index contributed by atoms with van der Waals surface area (Å²) in [5.74, 6) is 0. The van der Waals surface area contributed by atoms with Crippen LogP contribution in [0.4, 0.5) is 0 Å². The molecule has 0 aliphatic heterocycles. The standard InChI is InChI=1S/C38H28S/c1-37(2)30-17-5-7-19-32(30)38(33-20-8-6-18-31(33)37)29-16-4-3-14-28(29)36-27(15-10-21-34(36)38)25-12-9-13-26(24-25)35-22-11-23-39-35/h3-24H,1-2H3. The van der Waals surface area contributed by atoms with Gasteiger partial charge in [0.05, 0.1) is 5.41 Å². The van der Waals surface area contributed by atoms with E-state index >= 15 is 0 Å². The molecule has 1 spiro atoms. The van der Waals surface area contributed by atoms with E-state index in [1.165, 1.54) is 66.1 Å². The molecule has 2 aliphatic rings. The molecule has 0 saturated heterocycles. The summed E-state index contributed by atoms with van der Waals surface area (Å²) >= 11 is 1.80. The van der Waals surface area contributed by atoms with Crippen LogP contribution in [0.2, 0.25) is 0 Å². The van der Waals surface area contributed by atoms with Gasteiger partial charge in [-0.25, -0.2) is 0 Å². The smallest absolute Gasteiger partial charge is 0.0719 e. The Morgan fingerprint density at radius 1 is 0.462 bits per heavy atom. The van der Waals surface area contributed by atoms with E-state index in [2.05, 4.69) is 147 Å². The highest BCUT2D eigenvalue weighted by atomic mass is 32.1. The monoisotopic (exact) mass is 516 g/mol. The Morgan fingerprint density at radius 3 is 1.72 bits per heavy atom. The van der Waals surface area contributed by atoms with Gasteiger partial charge in [-0.15, -0.1) is 11.3 Å². The SMILES string of the molecule is CC1(C)c2ccccc2C2(c3ccccc3-c3c(-c4cccc(-c5cccs5)c4)cccc32)c2ccccc21. The van der Waals surface area contributed by atoms with Crippen molar-refractivity contribution >= 4 is 11.3 Å². The summed E-state index contributed by atoms with van der Waals surface area (Å²) in [5, 5.41) is 2.15. The number of thiophene rings is 1. The van der Waals surface area contributed by atoms with Gasteiger partial charge in [0, 0.05) is 10.3 Å². The Morgan fingerprint density at radius 2 is 1.03 bits per heavy atom. The van der Waals surface area contributed by atoms with Crippen LogP contribution in [-0.4, -0.2) is 0 Å². The first-order valence-corrected chi connectivity index (χ1v) is 14.6. The lowest BCUT2D eigenvalue weighted by atomic mass is 9.55. The third kappa shape index (κ3) is 2.94. The number of rotatable bonds is 2. The molecule has 0 radical (unpaired) electrons. The highest BCUT2D eigenvalue weighted by Crippen LogP contribution is 2.63. The molecule has 5 aromatic carbocycles. The van der Waals surface area contributed by atoms with Gasteiger partial charge in [0.1, 0.15) is 0 Å². The molecule has 0 bridgehead atoms. The first kappa shape index (κ1) is 22.8. The quantitative estimate of drug-likeness (QED) is 0.214. The molecule has 6 aromatic rings. The third-order valence-electron chi connectivity index (χ3n) is 9.06. The van der Waals surface area contributed by atoms with Crippen LogP contribution in [0.1, 0.15) is 47.2 Å². The summed E-state index contributed by atoms with van der Waals surface area (Å²) in [6.45, 7) is 4.76. The summed E-state index contributed by atoms with van der Waals surface area (Å²) in [6, 6.07) is 47.8. The van der Waals surface area contributed by atoms with Gasteiger partial charge in [0.15, 0.2) is 0 Å². The lowest BCUT2D eigenvalue weighted by Crippen LogP contribution is -2.40. The van der Waals surface area contributed by atoms with Crippen LogP contribution < -0.4 is 0 Å². The molecule has 0 saturated carbocycles. The van der Waals surface area contributed by atoms with Gasteiger partial charge >= 0.3 is 0 Å². The highest BCUT2D eigenvalue weighted by Gasteiger charge is 2.53. The first-order chi connectivity index (χ1) is 19.1. The zero-order chi connectivity index (χ0) is 26.2. The molecule has 1 heteroatoms. The molecule has 2 aliphatic carbocycles. The number of hydrogen-bond donors (Lipinski definition) is 0. The summed E-state index contributed by atoms with van der Waals surface area (Å²) in [6.07, 6.45) is 0. The molecular formula is C38H28S. The van der Waals surface area contributed by atoms with Crippen LogP contribution in [0.3, 0.4) is 0 Å². The zero-order valence-electron chi connectivity index (χ0n) is 22.1. The van der Waals surface area contributed by atoms with E-state index in [-0.39, 0.29) is 10.8 Å². The molecule has 0 unspecified atom stereocenters. The number of hydrogen-bond acceptors (Lipinski definition) is 1. The fraction of sp³-hybridized carbons (Fsp3) is 0.105. The van der Waals surface area contributed by atoms with Crippen molar-refractivity contribution in [2.24, 2.45) is 0 Å². The van der Waals surface area contributed by atoms with E-state index in [0.29, 0.717) is 0 Å². The summed E-state index contributed by atoms with van der Waals surface area (Å²) in [7, 11) is 0. The van der Waals surface area contributed by atoms with Gasteiger partial charge in [0.2, 0.25) is 0 Å². The number of benzene rings is 5. The van der Waals surface area contributed by atoms with E-state index in [0.717, 1.165) is 0 Å². The Balaban J connectivity index is 1.49. The van der Waals surface area contributed by atoms with Gasteiger partial charge in [0.25, 0.3) is 0 Å². The van der Waals surface area contributed by atoms with Crippen LogP contribution in [0, 0.1) is 0 Å². The summed E-state index contributed by atoms with van der Waals surface area (Å²) in [5.41, 5.74) is 14.5. The van der Waals surface area contributed by atoms with Gasteiger partial charge in [-0.1, -0.05) is 129 Å². The Bertz CT molecular complexity index is 1840. The van der Waals surface area contributed by atoms with Crippen LogP contribution in [0.5, 0.6) is 0 Å². The fourth-order valence-electron chi connectivity index (χ4n) is 7.43. The predicted molar refractivity (Wildman–Crippen MR) is 165 cm³/mol. The molecule has 8 rings (SSSR count). The van der Waals surface area contributed by atoms with Crippen LogP contribution in [0.15, 0.2) is 133 Å². The van der Waals surface area contributed by atoms with Crippen molar-refractivity contribution in [1.82, 2.24) is 0 Å². The first-order valence-electron chi connectivity index (χ1n) is 13.7. The topological polar surface area (TPSA) is 0 Å². The predicted octanol–water partition coefficient (Wildman–Crippen LogP) is 10.1. The Labute approximate surface area is 234 Å². The minimum Gasteiger partial charge on any atom is -0.144 e. The van der Waals surface area contributed by atoms with Crippen molar-refractivity contribution in [2.45, 2.75) is 24.7 Å². The lowest BCUT2D eigenvalue weighted by Gasteiger charge is -2.46. The van der Waals surface area contributed by atoms with Crippen LogP contribution >= 0.6 is 11.3 Å². The van der Waals surface area contributed by atoms with E-state index in [1.807, 2.05) is 0 Å². The molecule has 0 N–H and O–H groups in total. The average Bonchev–Trinajstić information content (AvgIpc) is 3.63. The normalized spacial score (nSPS) is 15.3. The molecule has 0 nitrogen and oxygen atoms in total. The second-order valence-corrected chi connectivity index (χ2v) is 12.2. The maximum absolute atomic E-state index is 2.38. The van der Waals surface area contributed by atoms with E-state index in [1.54, 1.807) is 11.3 Å². The van der Waals surface area contributed by atoms with Crippen LogP contribution in [0.25, 0.3) is 32.7 Å². The Hall–Kier alpha value is -4.20. The highest BCUT2D eigenvalue weighted by molar-refractivity contribution is 7.13. The van der Waals surface area contributed by atoms with Gasteiger partial charge in [-0.3, -0.25) is 0 Å². The molecule has 0 amide bonds. The molecule has 1 aromatic heterocycles. The maximum Gasteiger partial charge on any atom is 0.0719 e. The minimum absolute atomic E-state index is 0.0806. The third-order valence-corrected chi connectivity index (χ3v) is 9.98. The molecule has 1 heterocycles. The van der Waals surface area contributed by atoms with Crippen molar-refractivity contribution in [2.75, 3.05) is 0 Å². The average molecular weight is 517 g/mol. The van der Waals surface area contributed by atoms with Gasteiger partial charge < -0.3 is 0 Å². The van der Waals surface area contributed by atoms with Crippen molar-refractivity contribution in [3.8, 4) is 32.7 Å². The summed E-state index contributed by atoms with van der Waals surface area (Å²) in [4.78, 5) is 1.30. The van der Waals surface area contributed by atoms with E-state index < -0.39 is 0 Å².